The van der Waals surface area contributed by atoms with Crippen LogP contribution in [0.2, 0.25) is 0 Å². The molecule has 0 radical (unpaired) electrons. The second-order valence-electron chi connectivity index (χ2n) is 6.81. The van der Waals surface area contributed by atoms with Crippen LogP contribution in [0.5, 0.6) is 0 Å². The number of hydrogen-bond donors (Lipinski definition) is 1. The molecule has 2 unspecified atom stereocenters. The maximum atomic E-state index is 12.7. The molecule has 1 N–H and O–H groups in total. The highest BCUT2D eigenvalue weighted by Crippen LogP contribution is 2.29. The fourth-order valence-corrected chi connectivity index (χ4v) is 5.51. The maximum Gasteiger partial charge on any atom is 0.282 e. The van der Waals surface area contributed by atoms with Gasteiger partial charge in [-0.3, -0.25) is 0 Å². The summed E-state index contributed by atoms with van der Waals surface area (Å²) in [6.45, 7) is 10.5. The minimum atomic E-state index is -3.25. The van der Waals surface area contributed by atoms with Gasteiger partial charge < -0.3 is 5.32 Å². The predicted octanol–water partition coefficient (Wildman–Crippen LogP) is 1.67. The van der Waals surface area contributed by atoms with Gasteiger partial charge in [0.2, 0.25) is 0 Å². The monoisotopic (exact) mass is 317 g/mol. The molecule has 2 rings (SSSR count). The lowest BCUT2D eigenvalue weighted by molar-refractivity contribution is 0.247. The van der Waals surface area contributed by atoms with Gasteiger partial charge in [0, 0.05) is 25.7 Å². The molecule has 21 heavy (non-hydrogen) atoms. The van der Waals surface area contributed by atoms with Crippen molar-refractivity contribution >= 4 is 10.2 Å². The average molecular weight is 317 g/mol. The van der Waals surface area contributed by atoms with Gasteiger partial charge in [-0.15, -0.1) is 0 Å². The molecule has 0 aromatic rings. The van der Waals surface area contributed by atoms with E-state index in [0.717, 1.165) is 38.8 Å². The SMILES string of the molecule is CCCNCC1CCN(S(=O)(=O)N2CC(C)CC2C)CC1. The van der Waals surface area contributed by atoms with Gasteiger partial charge in [-0.05, 0) is 57.5 Å². The molecular formula is C15H31N3O2S. The molecular weight excluding hydrogens is 286 g/mol. The van der Waals surface area contributed by atoms with E-state index in [2.05, 4.69) is 19.2 Å². The Kier molecular flexibility index (Phi) is 6.05. The summed E-state index contributed by atoms with van der Waals surface area (Å²) in [5.41, 5.74) is 0. The summed E-state index contributed by atoms with van der Waals surface area (Å²) in [5.74, 6) is 1.10. The highest BCUT2D eigenvalue weighted by Gasteiger charge is 2.39. The number of nitrogens with one attached hydrogen (secondary N) is 1. The van der Waals surface area contributed by atoms with E-state index in [1.807, 2.05) is 6.92 Å². The first-order valence-electron chi connectivity index (χ1n) is 8.42. The van der Waals surface area contributed by atoms with Crippen LogP contribution < -0.4 is 5.32 Å². The van der Waals surface area contributed by atoms with Crippen LogP contribution in [0.4, 0.5) is 0 Å². The Labute approximate surface area is 130 Å². The maximum absolute atomic E-state index is 12.7. The van der Waals surface area contributed by atoms with Crippen molar-refractivity contribution in [2.75, 3.05) is 32.7 Å². The zero-order valence-electron chi connectivity index (χ0n) is 13.7. The average Bonchev–Trinajstić information content (AvgIpc) is 2.79. The Morgan fingerprint density at radius 1 is 1.19 bits per heavy atom. The largest absolute Gasteiger partial charge is 0.316 e. The van der Waals surface area contributed by atoms with E-state index in [1.165, 1.54) is 0 Å². The second kappa shape index (κ2) is 7.40. The number of nitrogens with zero attached hydrogens (tertiary/aromatic N) is 2. The Hall–Kier alpha value is -0.170. The Morgan fingerprint density at radius 2 is 1.86 bits per heavy atom. The van der Waals surface area contributed by atoms with Crippen LogP contribution >= 0.6 is 0 Å². The molecule has 2 aliphatic rings. The van der Waals surface area contributed by atoms with Crippen molar-refractivity contribution in [2.24, 2.45) is 11.8 Å². The van der Waals surface area contributed by atoms with E-state index >= 15 is 0 Å². The van der Waals surface area contributed by atoms with Gasteiger partial charge in [0.05, 0.1) is 0 Å². The van der Waals surface area contributed by atoms with E-state index < -0.39 is 10.2 Å². The van der Waals surface area contributed by atoms with Crippen LogP contribution in [-0.2, 0) is 10.2 Å². The molecule has 2 heterocycles. The summed E-state index contributed by atoms with van der Waals surface area (Å²) in [5, 5.41) is 3.45. The first-order chi connectivity index (χ1) is 9.95. The molecule has 0 saturated carbocycles. The molecule has 2 fully saturated rings. The summed E-state index contributed by atoms with van der Waals surface area (Å²) in [7, 11) is -3.25. The molecule has 5 nitrogen and oxygen atoms in total. The predicted molar refractivity (Wildman–Crippen MR) is 86.3 cm³/mol. The molecule has 0 amide bonds. The van der Waals surface area contributed by atoms with Gasteiger partial charge in [0.1, 0.15) is 0 Å². The minimum Gasteiger partial charge on any atom is -0.316 e. The van der Waals surface area contributed by atoms with E-state index in [1.54, 1.807) is 8.61 Å². The van der Waals surface area contributed by atoms with Crippen molar-refractivity contribution < 1.29 is 8.42 Å². The third-order valence-corrected chi connectivity index (χ3v) is 6.90. The summed E-state index contributed by atoms with van der Waals surface area (Å²) in [4.78, 5) is 0. The van der Waals surface area contributed by atoms with Gasteiger partial charge >= 0.3 is 0 Å². The van der Waals surface area contributed by atoms with Crippen molar-refractivity contribution in [3.63, 3.8) is 0 Å². The van der Waals surface area contributed by atoms with Crippen LogP contribution in [0.3, 0.4) is 0 Å². The summed E-state index contributed by atoms with van der Waals surface area (Å²) < 4.78 is 28.9. The lowest BCUT2D eigenvalue weighted by Crippen LogP contribution is -2.49. The van der Waals surface area contributed by atoms with Crippen molar-refractivity contribution in [3.05, 3.63) is 0 Å². The zero-order chi connectivity index (χ0) is 15.5. The van der Waals surface area contributed by atoms with Crippen LogP contribution in [-0.4, -0.2) is 55.8 Å². The van der Waals surface area contributed by atoms with Crippen molar-refractivity contribution in [1.82, 2.24) is 13.9 Å². The smallest absolute Gasteiger partial charge is 0.282 e. The standard InChI is InChI=1S/C15H31N3O2S/c1-4-7-16-11-15-5-8-17(9-6-15)21(19,20)18-12-13(2)10-14(18)3/h13-16H,4-12H2,1-3H3. The fraction of sp³-hybridized carbons (Fsp3) is 1.00. The van der Waals surface area contributed by atoms with Crippen LogP contribution in [0.1, 0.15) is 46.5 Å². The van der Waals surface area contributed by atoms with Crippen molar-refractivity contribution in [1.29, 1.82) is 0 Å². The molecule has 0 aliphatic carbocycles. The van der Waals surface area contributed by atoms with Crippen LogP contribution in [0, 0.1) is 11.8 Å². The first kappa shape index (κ1) is 17.2. The number of hydrogen-bond acceptors (Lipinski definition) is 3. The topological polar surface area (TPSA) is 52.7 Å². The second-order valence-corrected chi connectivity index (χ2v) is 8.69. The number of piperidine rings is 1. The third kappa shape index (κ3) is 4.18. The molecule has 2 atom stereocenters. The zero-order valence-corrected chi connectivity index (χ0v) is 14.5. The lowest BCUT2D eigenvalue weighted by atomic mass is 9.98. The Balaban J connectivity index is 1.86. The van der Waals surface area contributed by atoms with E-state index in [0.29, 0.717) is 31.5 Å². The quantitative estimate of drug-likeness (QED) is 0.758. The molecule has 124 valence electrons. The van der Waals surface area contributed by atoms with E-state index in [4.69, 9.17) is 0 Å². The van der Waals surface area contributed by atoms with Gasteiger partial charge in [-0.25, -0.2) is 0 Å². The third-order valence-electron chi connectivity index (χ3n) is 4.78. The normalized spacial score (nSPS) is 30.0. The van der Waals surface area contributed by atoms with Gasteiger partial charge in [-0.2, -0.15) is 17.0 Å². The van der Waals surface area contributed by atoms with E-state index in [-0.39, 0.29) is 6.04 Å². The Bertz CT molecular complexity index is 419. The molecule has 6 heteroatoms. The summed E-state index contributed by atoms with van der Waals surface area (Å²) >= 11 is 0. The van der Waals surface area contributed by atoms with Gasteiger partial charge in [-0.1, -0.05) is 13.8 Å². The summed E-state index contributed by atoms with van der Waals surface area (Å²) in [6.07, 6.45) is 4.09. The van der Waals surface area contributed by atoms with Gasteiger partial charge in [0.25, 0.3) is 10.2 Å². The fourth-order valence-electron chi connectivity index (χ4n) is 3.56. The minimum absolute atomic E-state index is 0.147. The van der Waals surface area contributed by atoms with Crippen molar-refractivity contribution in [2.45, 2.75) is 52.5 Å². The molecule has 0 spiro atoms. The molecule has 2 aliphatic heterocycles. The Morgan fingerprint density at radius 3 is 2.38 bits per heavy atom. The molecule has 0 aromatic carbocycles. The lowest BCUT2D eigenvalue weighted by Gasteiger charge is -2.35. The molecule has 2 saturated heterocycles. The van der Waals surface area contributed by atoms with Crippen LogP contribution in [0.15, 0.2) is 0 Å². The van der Waals surface area contributed by atoms with Gasteiger partial charge in [0.15, 0.2) is 0 Å². The van der Waals surface area contributed by atoms with Crippen molar-refractivity contribution in [3.8, 4) is 0 Å². The highest BCUT2D eigenvalue weighted by molar-refractivity contribution is 7.86. The first-order valence-corrected chi connectivity index (χ1v) is 9.82. The van der Waals surface area contributed by atoms with Crippen LogP contribution in [0.25, 0.3) is 0 Å². The van der Waals surface area contributed by atoms with E-state index in [9.17, 15) is 8.42 Å². The molecule has 0 bridgehead atoms. The summed E-state index contributed by atoms with van der Waals surface area (Å²) in [6, 6.07) is 0.147. The number of rotatable bonds is 6. The molecule has 0 aromatic heterocycles. The highest BCUT2D eigenvalue weighted by atomic mass is 32.2.